The highest BCUT2D eigenvalue weighted by Gasteiger charge is 2.30. The van der Waals surface area contributed by atoms with Crippen LogP contribution in [0.4, 0.5) is 0 Å². The highest BCUT2D eigenvalue weighted by Crippen LogP contribution is 2.16. The number of carbonyl (C=O) groups is 1. The Morgan fingerprint density at radius 1 is 0.880 bits per heavy atom. The van der Waals surface area contributed by atoms with Gasteiger partial charge in [0.2, 0.25) is 0 Å². The van der Waals surface area contributed by atoms with Gasteiger partial charge in [0.15, 0.2) is 0 Å². The number of esters is 1. The molecule has 0 unspecified atom stereocenters. The van der Waals surface area contributed by atoms with E-state index in [-0.39, 0.29) is 5.97 Å². The Morgan fingerprint density at radius 3 is 1.80 bits per heavy atom. The molecule has 0 bridgehead atoms. The maximum absolute atomic E-state index is 11.8. The average Bonchev–Trinajstić information content (AvgIpc) is 3.04. The second kappa shape index (κ2) is 15.6. The van der Waals surface area contributed by atoms with Gasteiger partial charge in [0.05, 0.1) is 6.61 Å². The molecule has 1 heterocycles. The third-order valence-electron chi connectivity index (χ3n) is 5.24. The Bertz CT molecular complexity index is 322. The molecule has 0 spiro atoms. The molecule has 1 N–H and O–H groups in total. The van der Waals surface area contributed by atoms with Crippen molar-refractivity contribution in [2.75, 3.05) is 13.2 Å². The molecule has 25 heavy (non-hydrogen) atoms. The summed E-state index contributed by atoms with van der Waals surface area (Å²) in [4.78, 5) is 11.8. The first-order valence-electron chi connectivity index (χ1n) is 10.9. The molecule has 148 valence electrons. The number of nitrogens with zero attached hydrogens (tertiary/aromatic N) is 1. The van der Waals surface area contributed by atoms with E-state index in [1.54, 1.807) is 0 Å². The van der Waals surface area contributed by atoms with Crippen molar-refractivity contribution in [1.29, 1.82) is 0 Å². The Hall–Kier alpha value is -0.610. The average molecular weight is 356 g/mol. The first-order valence-corrected chi connectivity index (χ1v) is 10.9. The lowest BCUT2D eigenvalue weighted by atomic mass is 10.0. The molecule has 0 aliphatic carbocycles. The second-order valence-electron chi connectivity index (χ2n) is 7.58. The van der Waals surface area contributed by atoms with Gasteiger partial charge in [-0.3, -0.25) is 4.79 Å². The van der Waals surface area contributed by atoms with Crippen molar-refractivity contribution in [2.24, 2.45) is 0 Å². The second-order valence-corrected chi connectivity index (χ2v) is 7.58. The van der Waals surface area contributed by atoms with Crippen molar-refractivity contribution in [3.63, 3.8) is 0 Å². The van der Waals surface area contributed by atoms with E-state index in [1.165, 1.54) is 77.0 Å². The molecule has 0 aromatic carbocycles. The molecular weight excluding hydrogens is 314 g/mol. The van der Waals surface area contributed by atoms with Crippen molar-refractivity contribution in [3.8, 4) is 0 Å². The number of unbranched alkanes of at least 4 members (excludes halogenated alkanes) is 13. The first kappa shape index (κ1) is 22.4. The lowest BCUT2D eigenvalue weighted by Crippen LogP contribution is -2.34. The van der Waals surface area contributed by atoms with E-state index in [0.29, 0.717) is 19.6 Å². The molecule has 0 radical (unpaired) electrons. The van der Waals surface area contributed by atoms with Crippen LogP contribution in [0.2, 0.25) is 0 Å². The molecule has 4 heteroatoms. The molecule has 1 atom stereocenters. The van der Waals surface area contributed by atoms with Gasteiger partial charge in [-0.2, -0.15) is 5.06 Å². The highest BCUT2D eigenvalue weighted by molar-refractivity contribution is 5.75. The van der Waals surface area contributed by atoms with Crippen molar-refractivity contribution in [3.05, 3.63) is 0 Å². The van der Waals surface area contributed by atoms with E-state index in [2.05, 4.69) is 6.92 Å². The monoisotopic (exact) mass is 355 g/mol. The van der Waals surface area contributed by atoms with E-state index in [1.807, 2.05) is 0 Å². The summed E-state index contributed by atoms with van der Waals surface area (Å²) in [6, 6.07) is -0.424. The van der Waals surface area contributed by atoms with Gasteiger partial charge in [-0.15, -0.1) is 0 Å². The van der Waals surface area contributed by atoms with Crippen LogP contribution in [0, 0.1) is 0 Å². The summed E-state index contributed by atoms with van der Waals surface area (Å²) in [5, 5.41) is 10.6. The van der Waals surface area contributed by atoms with Crippen LogP contribution in [-0.4, -0.2) is 35.4 Å². The smallest absolute Gasteiger partial charge is 0.325 e. The lowest BCUT2D eigenvalue weighted by molar-refractivity contribution is -0.167. The molecule has 1 fully saturated rings. The molecule has 1 aliphatic heterocycles. The lowest BCUT2D eigenvalue weighted by Gasteiger charge is -2.15. The summed E-state index contributed by atoms with van der Waals surface area (Å²) in [7, 11) is 0. The zero-order chi connectivity index (χ0) is 18.2. The molecule has 4 nitrogen and oxygen atoms in total. The van der Waals surface area contributed by atoms with Crippen LogP contribution in [0.25, 0.3) is 0 Å². The van der Waals surface area contributed by atoms with Crippen molar-refractivity contribution < 1.29 is 14.7 Å². The summed E-state index contributed by atoms with van der Waals surface area (Å²) >= 11 is 0. The minimum atomic E-state index is -0.424. The van der Waals surface area contributed by atoms with Crippen LogP contribution in [0.3, 0.4) is 0 Å². The third kappa shape index (κ3) is 11.6. The Kier molecular flexibility index (Phi) is 14.0. The zero-order valence-corrected chi connectivity index (χ0v) is 16.5. The van der Waals surface area contributed by atoms with Crippen LogP contribution in [0.15, 0.2) is 0 Å². The van der Waals surface area contributed by atoms with Gasteiger partial charge in [0.1, 0.15) is 6.04 Å². The van der Waals surface area contributed by atoms with E-state index >= 15 is 0 Å². The number of rotatable bonds is 16. The van der Waals surface area contributed by atoms with Crippen LogP contribution >= 0.6 is 0 Å². The fraction of sp³-hybridized carbons (Fsp3) is 0.952. The number of hydroxylamine groups is 2. The van der Waals surface area contributed by atoms with Crippen LogP contribution in [0.5, 0.6) is 0 Å². The molecule has 0 aromatic rings. The fourth-order valence-corrected chi connectivity index (χ4v) is 3.56. The maximum atomic E-state index is 11.8. The fourth-order valence-electron chi connectivity index (χ4n) is 3.56. The summed E-state index contributed by atoms with van der Waals surface area (Å²) in [5.41, 5.74) is 0. The van der Waals surface area contributed by atoms with E-state index < -0.39 is 6.04 Å². The highest BCUT2D eigenvalue weighted by atomic mass is 16.6. The summed E-state index contributed by atoms with van der Waals surface area (Å²) in [5.74, 6) is -0.255. The van der Waals surface area contributed by atoms with Gasteiger partial charge in [-0.1, -0.05) is 90.4 Å². The number of ether oxygens (including phenoxy) is 1. The largest absolute Gasteiger partial charge is 0.464 e. The Labute approximate surface area is 155 Å². The molecule has 1 aliphatic rings. The zero-order valence-electron chi connectivity index (χ0n) is 16.5. The van der Waals surface area contributed by atoms with Gasteiger partial charge in [0.25, 0.3) is 0 Å². The molecule has 0 saturated carbocycles. The number of hydrogen-bond donors (Lipinski definition) is 1. The van der Waals surface area contributed by atoms with E-state index in [9.17, 15) is 10.0 Å². The topological polar surface area (TPSA) is 49.8 Å². The molecule has 0 amide bonds. The van der Waals surface area contributed by atoms with Crippen LogP contribution in [-0.2, 0) is 9.53 Å². The maximum Gasteiger partial charge on any atom is 0.325 e. The quantitative estimate of drug-likeness (QED) is 0.278. The van der Waals surface area contributed by atoms with Crippen molar-refractivity contribution >= 4 is 5.97 Å². The van der Waals surface area contributed by atoms with Crippen molar-refractivity contribution in [1.82, 2.24) is 5.06 Å². The third-order valence-corrected chi connectivity index (χ3v) is 5.24. The predicted molar refractivity (Wildman–Crippen MR) is 103 cm³/mol. The minimum absolute atomic E-state index is 0.255. The Balaban J connectivity index is 1.75. The van der Waals surface area contributed by atoms with Gasteiger partial charge < -0.3 is 9.94 Å². The Morgan fingerprint density at radius 2 is 1.36 bits per heavy atom. The first-order chi connectivity index (χ1) is 12.3. The van der Waals surface area contributed by atoms with Gasteiger partial charge in [0, 0.05) is 6.54 Å². The summed E-state index contributed by atoms with van der Waals surface area (Å²) < 4.78 is 5.26. The summed E-state index contributed by atoms with van der Waals surface area (Å²) in [6.07, 6.45) is 20.2. The van der Waals surface area contributed by atoms with Crippen LogP contribution < -0.4 is 0 Å². The normalized spacial score (nSPS) is 17.9. The number of hydrogen-bond acceptors (Lipinski definition) is 4. The van der Waals surface area contributed by atoms with E-state index in [4.69, 9.17) is 4.74 Å². The molecule has 1 saturated heterocycles. The number of carbonyl (C=O) groups excluding carboxylic acids is 1. The molecule has 1 rings (SSSR count). The van der Waals surface area contributed by atoms with E-state index in [0.717, 1.165) is 24.3 Å². The molecular formula is C21H41NO3. The van der Waals surface area contributed by atoms with Gasteiger partial charge >= 0.3 is 5.97 Å². The SMILES string of the molecule is CCCCCCCCCCCCCCCCOC(=O)[C@@H]1CCCN1O. The predicted octanol–water partition coefficient (Wildman–Crippen LogP) is 5.86. The van der Waals surface area contributed by atoms with Gasteiger partial charge in [-0.25, -0.2) is 0 Å². The minimum Gasteiger partial charge on any atom is -0.464 e. The van der Waals surface area contributed by atoms with Crippen LogP contribution in [0.1, 0.15) is 110 Å². The van der Waals surface area contributed by atoms with Gasteiger partial charge in [-0.05, 0) is 19.3 Å². The molecule has 0 aromatic heterocycles. The standard InChI is InChI=1S/C21H41NO3/c1-2-3-4-5-6-7-8-9-10-11-12-13-14-15-19-25-21(23)20-17-16-18-22(20)24/h20,24H,2-19H2,1H3/t20-/m0/s1. The summed E-state index contributed by atoms with van der Waals surface area (Å²) in [6.45, 7) is 3.35. The van der Waals surface area contributed by atoms with Crippen molar-refractivity contribution in [2.45, 2.75) is 116 Å².